The third-order valence-electron chi connectivity index (χ3n) is 4.62. The summed E-state index contributed by atoms with van der Waals surface area (Å²) in [6.07, 6.45) is 0.322. The molecule has 146 valence electrons. The van der Waals surface area contributed by atoms with Crippen LogP contribution in [0.4, 0.5) is 4.39 Å². The highest BCUT2D eigenvalue weighted by Crippen LogP contribution is 2.23. The normalized spacial score (nSPS) is 13.7. The van der Waals surface area contributed by atoms with E-state index in [2.05, 4.69) is 10.5 Å². The number of aromatic nitrogens is 1. The number of rotatable bonds is 5. The first-order valence-corrected chi connectivity index (χ1v) is 8.79. The first-order valence-electron chi connectivity index (χ1n) is 8.79. The summed E-state index contributed by atoms with van der Waals surface area (Å²) < 4.78 is 20.7. The number of hydrazone groups is 1. The average Bonchev–Trinajstić information content (AvgIpc) is 2.97. The van der Waals surface area contributed by atoms with Gasteiger partial charge in [-0.2, -0.15) is 5.10 Å². The number of benzene rings is 1. The van der Waals surface area contributed by atoms with Crippen molar-refractivity contribution in [2.24, 2.45) is 5.10 Å². The second kappa shape index (κ2) is 7.75. The minimum atomic E-state index is -0.734. The van der Waals surface area contributed by atoms with Crippen LogP contribution < -0.4 is 5.43 Å². The van der Waals surface area contributed by atoms with Crippen molar-refractivity contribution in [3.8, 4) is 5.69 Å². The quantitative estimate of drug-likeness (QED) is 0.633. The van der Waals surface area contributed by atoms with Gasteiger partial charge in [-0.1, -0.05) is 6.07 Å². The lowest BCUT2D eigenvalue weighted by Crippen LogP contribution is -2.31. The number of halogens is 1. The summed E-state index contributed by atoms with van der Waals surface area (Å²) in [6, 6.07) is 6.56. The molecule has 8 heteroatoms. The van der Waals surface area contributed by atoms with Crippen molar-refractivity contribution in [3.63, 3.8) is 0 Å². The highest BCUT2D eigenvalue weighted by molar-refractivity contribution is 6.37. The van der Waals surface area contributed by atoms with Crippen molar-refractivity contribution >= 4 is 23.4 Å². The molecular formula is C20H20FN3O4. The van der Waals surface area contributed by atoms with E-state index in [0.29, 0.717) is 22.5 Å². The molecule has 0 saturated carbocycles. The highest BCUT2D eigenvalue weighted by atomic mass is 19.1. The molecule has 1 amide bonds. The largest absolute Gasteiger partial charge is 0.453 e. The zero-order valence-corrected chi connectivity index (χ0v) is 15.8. The number of carbonyl (C=O) groups is 3. The number of hydrogen-bond acceptors (Lipinski definition) is 5. The Morgan fingerprint density at radius 3 is 2.61 bits per heavy atom. The van der Waals surface area contributed by atoms with Gasteiger partial charge in [0.15, 0.2) is 6.61 Å². The van der Waals surface area contributed by atoms with E-state index in [9.17, 15) is 18.8 Å². The van der Waals surface area contributed by atoms with Gasteiger partial charge in [0.2, 0.25) is 11.7 Å². The lowest BCUT2D eigenvalue weighted by atomic mass is 10.1. The van der Waals surface area contributed by atoms with E-state index >= 15 is 0 Å². The SMILES string of the molecule is Cc1ccc(-n2c(C)cc(C(=O)COC(=O)C3=NNC(=O)CC3)c2C)cc1F. The fourth-order valence-corrected chi connectivity index (χ4v) is 3.08. The molecule has 0 atom stereocenters. The Morgan fingerprint density at radius 2 is 1.96 bits per heavy atom. The van der Waals surface area contributed by atoms with Gasteiger partial charge in [-0.25, -0.2) is 14.6 Å². The molecule has 1 aliphatic rings. The van der Waals surface area contributed by atoms with Gasteiger partial charge in [0, 0.05) is 35.5 Å². The van der Waals surface area contributed by atoms with Gasteiger partial charge in [0.05, 0.1) is 0 Å². The van der Waals surface area contributed by atoms with Crippen molar-refractivity contribution < 1.29 is 23.5 Å². The first kappa shape index (κ1) is 19.5. The standard InChI is InChI=1S/C20H20FN3O4/c1-11-4-5-14(9-16(11)21)24-12(2)8-15(13(24)3)18(25)10-28-20(27)17-6-7-19(26)23-22-17/h4-5,8-9H,6-7,10H2,1-3H3,(H,23,26). The van der Waals surface area contributed by atoms with Crippen LogP contribution in [0.3, 0.4) is 0 Å². The van der Waals surface area contributed by atoms with Gasteiger partial charge in [-0.15, -0.1) is 0 Å². The smallest absolute Gasteiger partial charge is 0.354 e. The van der Waals surface area contributed by atoms with E-state index < -0.39 is 12.6 Å². The number of carbonyl (C=O) groups excluding carboxylic acids is 3. The van der Waals surface area contributed by atoms with Gasteiger partial charge >= 0.3 is 5.97 Å². The Labute approximate surface area is 161 Å². The molecule has 3 rings (SSSR count). The third-order valence-corrected chi connectivity index (χ3v) is 4.62. The van der Waals surface area contributed by atoms with Gasteiger partial charge in [-0.05, 0) is 44.5 Å². The van der Waals surface area contributed by atoms with E-state index in [1.165, 1.54) is 6.07 Å². The molecule has 2 heterocycles. The molecule has 0 bridgehead atoms. The van der Waals surface area contributed by atoms with Crippen LogP contribution in [0.2, 0.25) is 0 Å². The number of ketones is 1. The number of nitrogens with zero attached hydrogens (tertiary/aromatic N) is 2. The summed E-state index contributed by atoms with van der Waals surface area (Å²) in [6.45, 7) is 4.80. The van der Waals surface area contributed by atoms with E-state index in [-0.39, 0.29) is 36.1 Å². The van der Waals surface area contributed by atoms with Gasteiger partial charge in [0.1, 0.15) is 11.5 Å². The fraction of sp³-hybridized carbons (Fsp3) is 0.300. The summed E-state index contributed by atoms with van der Waals surface area (Å²) >= 11 is 0. The number of ether oxygens (including phenoxy) is 1. The lowest BCUT2D eigenvalue weighted by Gasteiger charge is -2.12. The van der Waals surface area contributed by atoms with Gasteiger partial charge in [-0.3, -0.25) is 9.59 Å². The van der Waals surface area contributed by atoms with E-state index in [1.54, 1.807) is 36.6 Å². The number of Topliss-reactive ketones (excluding diaryl/α,β-unsaturated/α-hetero) is 1. The number of aryl methyl sites for hydroxylation is 2. The van der Waals surface area contributed by atoms with Crippen LogP contribution in [-0.4, -0.2) is 34.5 Å². The summed E-state index contributed by atoms with van der Waals surface area (Å²) in [4.78, 5) is 35.6. The zero-order chi connectivity index (χ0) is 20.4. The summed E-state index contributed by atoms with van der Waals surface area (Å²) in [7, 11) is 0. The molecule has 1 N–H and O–H groups in total. The lowest BCUT2D eigenvalue weighted by molar-refractivity contribution is -0.134. The molecule has 2 aromatic rings. The van der Waals surface area contributed by atoms with Crippen molar-refractivity contribution in [1.82, 2.24) is 9.99 Å². The second-order valence-corrected chi connectivity index (χ2v) is 6.65. The molecule has 1 aromatic heterocycles. The topological polar surface area (TPSA) is 89.8 Å². The van der Waals surface area contributed by atoms with Crippen LogP contribution in [-0.2, 0) is 14.3 Å². The van der Waals surface area contributed by atoms with E-state index in [0.717, 1.165) is 5.69 Å². The average molecular weight is 385 g/mol. The predicted molar refractivity (Wildman–Crippen MR) is 100 cm³/mol. The predicted octanol–water partition coefficient (Wildman–Crippen LogP) is 2.53. The molecular weight excluding hydrogens is 365 g/mol. The molecule has 0 spiro atoms. The van der Waals surface area contributed by atoms with E-state index in [4.69, 9.17) is 4.74 Å². The Bertz CT molecular complexity index is 1010. The summed E-state index contributed by atoms with van der Waals surface area (Å²) in [5, 5.41) is 3.64. The first-order chi connectivity index (χ1) is 13.3. The third kappa shape index (κ3) is 3.85. The van der Waals surface area contributed by atoms with Crippen LogP contribution in [0, 0.1) is 26.6 Å². The molecule has 1 aliphatic heterocycles. The number of nitrogens with one attached hydrogen (secondary N) is 1. The Kier molecular flexibility index (Phi) is 5.39. The Balaban J connectivity index is 1.75. The number of hydrogen-bond donors (Lipinski definition) is 1. The van der Waals surface area contributed by atoms with Crippen LogP contribution in [0.1, 0.15) is 40.2 Å². The van der Waals surface area contributed by atoms with E-state index in [1.807, 2.05) is 6.92 Å². The summed E-state index contributed by atoms with van der Waals surface area (Å²) in [5.74, 6) is -1.71. The van der Waals surface area contributed by atoms with Crippen LogP contribution in [0.15, 0.2) is 29.4 Å². The second-order valence-electron chi connectivity index (χ2n) is 6.65. The van der Waals surface area contributed by atoms with Crippen LogP contribution in [0.5, 0.6) is 0 Å². The Hall–Kier alpha value is -3.29. The molecule has 0 saturated heterocycles. The molecule has 1 aromatic carbocycles. The minimum Gasteiger partial charge on any atom is -0.453 e. The molecule has 0 unspecified atom stereocenters. The molecule has 0 fully saturated rings. The molecule has 7 nitrogen and oxygen atoms in total. The Morgan fingerprint density at radius 1 is 1.21 bits per heavy atom. The summed E-state index contributed by atoms with van der Waals surface area (Å²) in [5.41, 5.74) is 5.22. The van der Waals surface area contributed by atoms with Crippen molar-refractivity contribution in [2.45, 2.75) is 33.6 Å². The number of esters is 1. The monoisotopic (exact) mass is 385 g/mol. The van der Waals surface area contributed by atoms with Crippen molar-refractivity contribution in [1.29, 1.82) is 0 Å². The van der Waals surface area contributed by atoms with Crippen molar-refractivity contribution in [2.75, 3.05) is 6.61 Å². The van der Waals surface area contributed by atoms with Crippen LogP contribution >= 0.6 is 0 Å². The number of amides is 1. The molecule has 0 aliphatic carbocycles. The highest BCUT2D eigenvalue weighted by Gasteiger charge is 2.22. The zero-order valence-electron chi connectivity index (χ0n) is 15.8. The van der Waals surface area contributed by atoms with Crippen LogP contribution in [0.25, 0.3) is 5.69 Å². The fourth-order valence-electron chi connectivity index (χ4n) is 3.08. The maximum Gasteiger partial charge on any atom is 0.354 e. The maximum atomic E-state index is 13.9. The molecule has 28 heavy (non-hydrogen) atoms. The molecule has 0 radical (unpaired) electrons. The van der Waals surface area contributed by atoms with Gasteiger partial charge in [0.25, 0.3) is 0 Å². The van der Waals surface area contributed by atoms with Crippen molar-refractivity contribution in [3.05, 3.63) is 52.6 Å². The maximum absolute atomic E-state index is 13.9. The minimum absolute atomic E-state index is 0.0769. The van der Waals surface area contributed by atoms with Gasteiger partial charge < -0.3 is 9.30 Å².